The summed E-state index contributed by atoms with van der Waals surface area (Å²) in [5, 5.41) is 0. The summed E-state index contributed by atoms with van der Waals surface area (Å²) in [5.74, 6) is 1.02. The van der Waals surface area contributed by atoms with E-state index in [1.165, 1.54) is 35.1 Å². The first-order chi connectivity index (χ1) is 11.3. The molecule has 2 aromatic rings. The summed E-state index contributed by atoms with van der Waals surface area (Å²) in [4.78, 5) is 0. The van der Waals surface area contributed by atoms with Gasteiger partial charge in [-0.2, -0.15) is 0 Å². The minimum absolute atomic E-state index is 0.256. The van der Waals surface area contributed by atoms with Crippen molar-refractivity contribution in [1.29, 1.82) is 0 Å². The van der Waals surface area contributed by atoms with Gasteiger partial charge in [-0.1, -0.05) is 86.7 Å². The van der Waals surface area contributed by atoms with Crippen molar-refractivity contribution in [1.82, 2.24) is 0 Å². The molecule has 0 heteroatoms. The maximum Gasteiger partial charge on any atom is 0.00923 e. The van der Waals surface area contributed by atoms with Gasteiger partial charge in [0, 0.05) is 11.8 Å². The number of hydrogen-bond acceptors (Lipinski definition) is 0. The second-order valence-electron chi connectivity index (χ2n) is 6.87. The number of allylic oxidation sites excluding steroid dienone is 2. The van der Waals surface area contributed by atoms with E-state index in [0.717, 1.165) is 0 Å². The zero-order valence-corrected chi connectivity index (χ0v) is 14.0. The lowest BCUT2D eigenvalue weighted by Gasteiger charge is -2.43. The van der Waals surface area contributed by atoms with Gasteiger partial charge >= 0.3 is 0 Å². The summed E-state index contributed by atoms with van der Waals surface area (Å²) in [6, 6.07) is 17.8. The van der Waals surface area contributed by atoms with Crippen molar-refractivity contribution in [2.45, 2.75) is 38.5 Å². The lowest BCUT2D eigenvalue weighted by atomic mass is 9.60. The van der Waals surface area contributed by atoms with Gasteiger partial charge in [-0.3, -0.25) is 0 Å². The summed E-state index contributed by atoms with van der Waals surface area (Å²) < 4.78 is 0. The lowest BCUT2D eigenvalue weighted by molar-refractivity contribution is 0.203. The van der Waals surface area contributed by atoms with E-state index < -0.39 is 0 Å². The first kappa shape index (κ1) is 14.5. The number of rotatable bonds is 4. The summed E-state index contributed by atoms with van der Waals surface area (Å²) in [7, 11) is 0. The van der Waals surface area contributed by atoms with Gasteiger partial charge in [0.15, 0.2) is 0 Å². The fraction of sp³-hybridized carbons (Fsp3) is 0.304. The Morgan fingerprint density at radius 2 is 1.13 bits per heavy atom. The Morgan fingerprint density at radius 1 is 0.696 bits per heavy atom. The number of hydrogen-bond donors (Lipinski definition) is 0. The number of fused-ring (bicyclic) bond motifs is 2. The third-order valence-electron chi connectivity index (χ3n) is 6.15. The Kier molecular flexibility index (Phi) is 3.49. The van der Waals surface area contributed by atoms with Crippen molar-refractivity contribution < 1.29 is 0 Å². The van der Waals surface area contributed by atoms with Crippen LogP contribution in [-0.4, -0.2) is 0 Å². The lowest BCUT2D eigenvalue weighted by Crippen LogP contribution is -2.32. The molecular formula is C23H24. The first-order valence-corrected chi connectivity index (χ1v) is 8.84. The Balaban J connectivity index is 1.83. The molecule has 0 fully saturated rings. The van der Waals surface area contributed by atoms with E-state index in [4.69, 9.17) is 0 Å². The van der Waals surface area contributed by atoms with E-state index in [-0.39, 0.29) is 5.41 Å². The minimum atomic E-state index is 0.256. The molecule has 0 aliphatic heterocycles. The highest BCUT2D eigenvalue weighted by atomic mass is 14.5. The van der Waals surface area contributed by atoms with Gasteiger partial charge in [-0.15, -0.1) is 0 Å². The molecule has 116 valence electrons. The second-order valence-corrected chi connectivity index (χ2v) is 6.87. The predicted molar refractivity (Wildman–Crippen MR) is 99.4 cm³/mol. The molecule has 0 bridgehead atoms. The minimum Gasteiger partial charge on any atom is -0.0758 e. The zero-order valence-electron chi connectivity index (χ0n) is 14.0. The molecule has 0 heterocycles. The van der Waals surface area contributed by atoms with E-state index in [1.807, 2.05) is 0 Å². The van der Waals surface area contributed by atoms with Crippen molar-refractivity contribution in [3.05, 3.63) is 82.9 Å². The largest absolute Gasteiger partial charge is 0.0758 e. The first-order valence-electron chi connectivity index (χ1n) is 8.84. The van der Waals surface area contributed by atoms with Crippen LogP contribution in [0.1, 0.15) is 60.8 Å². The Labute approximate surface area is 139 Å². The van der Waals surface area contributed by atoms with E-state index >= 15 is 0 Å². The van der Waals surface area contributed by atoms with Crippen LogP contribution in [-0.2, 0) is 0 Å². The molecule has 0 aromatic heterocycles. The van der Waals surface area contributed by atoms with Crippen LogP contribution in [0.3, 0.4) is 0 Å². The molecule has 0 spiro atoms. The van der Waals surface area contributed by atoms with E-state index in [9.17, 15) is 0 Å². The van der Waals surface area contributed by atoms with Crippen molar-refractivity contribution in [2.75, 3.05) is 0 Å². The SMILES string of the molecule is CCC(CC)(C1C=Cc2ccccc21)C1C=Cc2ccccc21. The van der Waals surface area contributed by atoms with Gasteiger partial charge in [0.1, 0.15) is 0 Å². The number of benzene rings is 2. The average Bonchev–Trinajstić information content (AvgIpc) is 3.23. The molecule has 2 aliphatic rings. The van der Waals surface area contributed by atoms with Gasteiger partial charge in [0.2, 0.25) is 0 Å². The third kappa shape index (κ3) is 2.05. The summed E-state index contributed by atoms with van der Waals surface area (Å²) >= 11 is 0. The van der Waals surface area contributed by atoms with E-state index in [2.05, 4.69) is 86.7 Å². The zero-order chi connectivity index (χ0) is 15.9. The average molecular weight is 300 g/mol. The van der Waals surface area contributed by atoms with E-state index in [0.29, 0.717) is 11.8 Å². The van der Waals surface area contributed by atoms with E-state index in [1.54, 1.807) is 0 Å². The van der Waals surface area contributed by atoms with Crippen LogP contribution in [0.15, 0.2) is 60.7 Å². The molecule has 2 aliphatic carbocycles. The van der Waals surface area contributed by atoms with Gasteiger partial charge < -0.3 is 0 Å². The van der Waals surface area contributed by atoms with Crippen LogP contribution in [0, 0.1) is 5.41 Å². The van der Waals surface area contributed by atoms with Gasteiger partial charge in [0.05, 0.1) is 0 Å². The monoisotopic (exact) mass is 300 g/mol. The molecule has 2 atom stereocenters. The molecule has 0 saturated heterocycles. The van der Waals surface area contributed by atoms with Crippen LogP contribution in [0.4, 0.5) is 0 Å². The fourth-order valence-electron chi connectivity index (χ4n) is 4.82. The van der Waals surface area contributed by atoms with Crippen molar-refractivity contribution in [2.24, 2.45) is 5.41 Å². The predicted octanol–water partition coefficient (Wildman–Crippen LogP) is 6.41. The molecule has 0 radical (unpaired) electrons. The topological polar surface area (TPSA) is 0 Å². The molecule has 2 aromatic carbocycles. The van der Waals surface area contributed by atoms with Crippen LogP contribution in [0.2, 0.25) is 0 Å². The standard InChI is InChI=1S/C23H24/c1-3-23(4-2,21-15-13-17-9-5-7-11-19(17)21)22-16-14-18-10-6-8-12-20(18)22/h5-16,21-22H,3-4H2,1-2H3. The molecule has 2 unspecified atom stereocenters. The van der Waals surface area contributed by atoms with Gasteiger partial charge in [-0.25, -0.2) is 0 Å². The smallest absolute Gasteiger partial charge is 0.00923 e. The van der Waals surface area contributed by atoms with Gasteiger partial charge in [0.25, 0.3) is 0 Å². The maximum absolute atomic E-state index is 2.45. The molecular weight excluding hydrogens is 276 g/mol. The van der Waals surface area contributed by atoms with Crippen molar-refractivity contribution in [3.63, 3.8) is 0 Å². The highest BCUT2D eigenvalue weighted by Gasteiger charge is 2.45. The van der Waals surface area contributed by atoms with Crippen LogP contribution < -0.4 is 0 Å². The molecule has 23 heavy (non-hydrogen) atoms. The summed E-state index contributed by atoms with van der Waals surface area (Å²) in [5.41, 5.74) is 6.08. The van der Waals surface area contributed by atoms with Crippen LogP contribution in [0.25, 0.3) is 12.2 Å². The quantitative estimate of drug-likeness (QED) is 0.611. The highest BCUT2D eigenvalue weighted by Crippen LogP contribution is 2.57. The van der Waals surface area contributed by atoms with Crippen molar-refractivity contribution >= 4 is 12.2 Å². The molecule has 4 rings (SSSR count). The van der Waals surface area contributed by atoms with Crippen LogP contribution in [0.5, 0.6) is 0 Å². The van der Waals surface area contributed by atoms with Crippen LogP contribution >= 0.6 is 0 Å². The highest BCUT2D eigenvalue weighted by molar-refractivity contribution is 5.66. The maximum atomic E-state index is 2.45. The molecule has 0 nitrogen and oxygen atoms in total. The third-order valence-corrected chi connectivity index (χ3v) is 6.15. The summed E-state index contributed by atoms with van der Waals surface area (Å²) in [6.45, 7) is 4.74. The van der Waals surface area contributed by atoms with Crippen molar-refractivity contribution in [3.8, 4) is 0 Å². The fourth-order valence-corrected chi connectivity index (χ4v) is 4.82. The molecule has 0 saturated carbocycles. The Hall–Kier alpha value is -2.08. The Bertz CT molecular complexity index is 711. The second kappa shape index (κ2) is 5.53. The molecule has 0 N–H and O–H groups in total. The molecule has 0 amide bonds. The summed E-state index contributed by atoms with van der Waals surface area (Å²) in [6.07, 6.45) is 11.9. The Morgan fingerprint density at radius 3 is 1.57 bits per heavy atom. The normalized spacial score (nSPS) is 21.5. The van der Waals surface area contributed by atoms with Gasteiger partial charge in [-0.05, 0) is 40.5 Å².